The predicted molar refractivity (Wildman–Crippen MR) is 132 cm³/mol. The lowest BCUT2D eigenvalue weighted by Crippen LogP contribution is -2.51. The summed E-state index contributed by atoms with van der Waals surface area (Å²) in [6.07, 6.45) is 4.40. The molecule has 0 bridgehead atoms. The van der Waals surface area contributed by atoms with E-state index in [9.17, 15) is 9.18 Å². The number of halogens is 1. The number of carbonyl (C=O) groups is 1. The van der Waals surface area contributed by atoms with Crippen LogP contribution in [0.2, 0.25) is 0 Å². The number of aryl methyl sites for hydroxylation is 1. The fraction of sp³-hybridized carbons (Fsp3) is 0.393. The molecule has 0 spiro atoms. The third kappa shape index (κ3) is 4.54. The van der Waals surface area contributed by atoms with E-state index in [0.29, 0.717) is 36.8 Å². The van der Waals surface area contributed by atoms with E-state index in [0.717, 1.165) is 55.0 Å². The van der Waals surface area contributed by atoms with E-state index in [-0.39, 0.29) is 11.7 Å². The van der Waals surface area contributed by atoms with E-state index >= 15 is 0 Å². The summed E-state index contributed by atoms with van der Waals surface area (Å²) in [6.45, 7) is 4.91. The number of rotatable bonds is 6. The maximum atomic E-state index is 14.6. The van der Waals surface area contributed by atoms with Gasteiger partial charge in [-0.25, -0.2) is 14.4 Å². The van der Waals surface area contributed by atoms with Gasteiger partial charge in [0.05, 0.1) is 0 Å². The molecular formula is C28H31FN4O. The first kappa shape index (κ1) is 22.5. The van der Waals surface area contributed by atoms with Crippen LogP contribution >= 0.6 is 0 Å². The van der Waals surface area contributed by atoms with Crippen molar-refractivity contribution in [3.63, 3.8) is 0 Å². The molecule has 0 atom stereocenters. The third-order valence-electron chi connectivity index (χ3n) is 7.11. The largest absolute Gasteiger partial charge is 0.353 e. The van der Waals surface area contributed by atoms with Gasteiger partial charge in [-0.05, 0) is 30.9 Å². The lowest BCUT2D eigenvalue weighted by Gasteiger charge is -2.39. The second kappa shape index (κ2) is 9.92. The molecule has 2 fully saturated rings. The van der Waals surface area contributed by atoms with E-state index in [1.54, 1.807) is 6.07 Å². The zero-order valence-corrected chi connectivity index (χ0v) is 19.7. The summed E-state index contributed by atoms with van der Waals surface area (Å²) >= 11 is 0. The Morgan fingerprint density at radius 3 is 2.32 bits per heavy atom. The minimum Gasteiger partial charge on any atom is -0.353 e. The Labute approximate surface area is 200 Å². The maximum absolute atomic E-state index is 14.6. The minimum absolute atomic E-state index is 0.210. The highest BCUT2D eigenvalue weighted by Gasteiger charge is 2.32. The number of anilines is 1. The van der Waals surface area contributed by atoms with Crippen molar-refractivity contribution < 1.29 is 9.18 Å². The molecule has 2 aromatic carbocycles. The van der Waals surface area contributed by atoms with Crippen LogP contribution in [-0.2, 0) is 17.6 Å². The van der Waals surface area contributed by atoms with Gasteiger partial charge in [0, 0.05) is 55.3 Å². The maximum Gasteiger partial charge on any atom is 0.225 e. The SMILES string of the molecule is CCc1nc(-c2ccccc2)nc(N2CCN(C(=O)C3CCC3)CC2)c1Cc1ccccc1F. The molecule has 176 valence electrons. The van der Waals surface area contributed by atoms with Crippen molar-refractivity contribution in [1.82, 2.24) is 14.9 Å². The Balaban J connectivity index is 1.49. The van der Waals surface area contributed by atoms with Crippen LogP contribution in [0.25, 0.3) is 11.4 Å². The molecule has 6 heteroatoms. The van der Waals surface area contributed by atoms with Crippen LogP contribution < -0.4 is 4.90 Å². The Hall–Kier alpha value is -3.28. The van der Waals surface area contributed by atoms with Crippen molar-refractivity contribution in [2.24, 2.45) is 5.92 Å². The van der Waals surface area contributed by atoms with Crippen molar-refractivity contribution in [3.05, 3.63) is 77.2 Å². The lowest BCUT2D eigenvalue weighted by atomic mass is 9.84. The lowest BCUT2D eigenvalue weighted by molar-refractivity contribution is -0.138. The normalized spacial score (nSPS) is 16.4. The Morgan fingerprint density at radius 2 is 1.68 bits per heavy atom. The molecule has 5 rings (SSSR count). The predicted octanol–water partition coefficient (Wildman–Crippen LogP) is 4.88. The number of aromatic nitrogens is 2. The van der Waals surface area contributed by atoms with Crippen LogP contribution in [-0.4, -0.2) is 47.0 Å². The number of nitrogens with zero attached hydrogens (tertiary/aromatic N) is 4. The molecule has 0 radical (unpaired) electrons. The van der Waals surface area contributed by atoms with Gasteiger partial charge in [0.25, 0.3) is 0 Å². The van der Waals surface area contributed by atoms with Crippen molar-refractivity contribution in [2.45, 2.75) is 39.0 Å². The van der Waals surface area contributed by atoms with Gasteiger partial charge in [-0.2, -0.15) is 0 Å². The molecule has 3 aromatic rings. The molecule has 1 saturated heterocycles. The summed E-state index contributed by atoms with van der Waals surface area (Å²) in [6, 6.07) is 16.9. The van der Waals surface area contributed by atoms with Gasteiger partial charge in [-0.1, -0.05) is 61.9 Å². The summed E-state index contributed by atoms with van der Waals surface area (Å²) < 4.78 is 14.6. The van der Waals surface area contributed by atoms with E-state index in [1.807, 2.05) is 47.4 Å². The number of carbonyl (C=O) groups excluding carboxylic acids is 1. The molecule has 2 aliphatic rings. The Kier molecular flexibility index (Phi) is 6.57. The van der Waals surface area contributed by atoms with Gasteiger partial charge in [-0.3, -0.25) is 4.79 Å². The van der Waals surface area contributed by atoms with Gasteiger partial charge in [0.15, 0.2) is 5.82 Å². The topological polar surface area (TPSA) is 49.3 Å². The number of hydrogen-bond donors (Lipinski definition) is 0. The van der Waals surface area contributed by atoms with Gasteiger partial charge in [0.2, 0.25) is 5.91 Å². The summed E-state index contributed by atoms with van der Waals surface area (Å²) in [4.78, 5) is 26.9. The molecular weight excluding hydrogens is 427 g/mol. The number of hydrogen-bond acceptors (Lipinski definition) is 4. The summed E-state index contributed by atoms with van der Waals surface area (Å²) in [5, 5.41) is 0. The smallest absolute Gasteiger partial charge is 0.225 e. The minimum atomic E-state index is -0.210. The molecule has 0 N–H and O–H groups in total. The highest BCUT2D eigenvalue weighted by molar-refractivity contribution is 5.80. The van der Waals surface area contributed by atoms with Crippen LogP contribution in [0.1, 0.15) is 43.0 Å². The fourth-order valence-electron chi connectivity index (χ4n) is 4.85. The Morgan fingerprint density at radius 1 is 0.971 bits per heavy atom. The van der Waals surface area contributed by atoms with Gasteiger partial charge in [0.1, 0.15) is 11.6 Å². The fourth-order valence-corrected chi connectivity index (χ4v) is 4.85. The molecule has 2 heterocycles. The zero-order valence-electron chi connectivity index (χ0n) is 19.7. The monoisotopic (exact) mass is 458 g/mol. The highest BCUT2D eigenvalue weighted by Crippen LogP contribution is 2.31. The zero-order chi connectivity index (χ0) is 23.5. The van der Waals surface area contributed by atoms with E-state index in [2.05, 4.69) is 11.8 Å². The molecule has 0 unspecified atom stereocenters. The van der Waals surface area contributed by atoms with Crippen LogP contribution in [0.5, 0.6) is 0 Å². The van der Waals surface area contributed by atoms with Crippen LogP contribution in [0.3, 0.4) is 0 Å². The first-order valence-electron chi connectivity index (χ1n) is 12.4. The second-order valence-corrected chi connectivity index (χ2v) is 9.22. The van der Waals surface area contributed by atoms with Crippen molar-refractivity contribution in [1.29, 1.82) is 0 Å². The van der Waals surface area contributed by atoms with E-state index in [1.165, 1.54) is 12.5 Å². The van der Waals surface area contributed by atoms with E-state index < -0.39 is 0 Å². The van der Waals surface area contributed by atoms with E-state index in [4.69, 9.17) is 9.97 Å². The van der Waals surface area contributed by atoms with Gasteiger partial charge < -0.3 is 9.80 Å². The molecule has 1 aliphatic heterocycles. The first-order chi connectivity index (χ1) is 16.6. The second-order valence-electron chi connectivity index (χ2n) is 9.22. The summed E-state index contributed by atoms with van der Waals surface area (Å²) in [5.41, 5.74) is 3.54. The highest BCUT2D eigenvalue weighted by atomic mass is 19.1. The summed E-state index contributed by atoms with van der Waals surface area (Å²) in [7, 11) is 0. The number of benzene rings is 2. The average Bonchev–Trinajstić information content (AvgIpc) is 2.85. The molecule has 1 aliphatic carbocycles. The van der Waals surface area contributed by atoms with Crippen molar-refractivity contribution >= 4 is 11.7 Å². The van der Waals surface area contributed by atoms with Crippen LogP contribution in [0.4, 0.5) is 10.2 Å². The van der Waals surface area contributed by atoms with Crippen LogP contribution in [0.15, 0.2) is 54.6 Å². The molecule has 1 saturated carbocycles. The van der Waals surface area contributed by atoms with Crippen molar-refractivity contribution in [2.75, 3.05) is 31.1 Å². The standard InChI is InChI=1S/C28H31FN4O/c1-2-25-23(19-22-11-6-7-14-24(22)29)27(31-26(30-25)20-9-4-3-5-10-20)32-15-17-33(18-16-32)28(34)21-12-8-13-21/h3-7,9-11,14,21H,2,8,12-13,15-19H2,1H3. The molecule has 5 nitrogen and oxygen atoms in total. The quantitative estimate of drug-likeness (QED) is 0.528. The average molecular weight is 459 g/mol. The van der Waals surface area contributed by atoms with Gasteiger partial charge >= 0.3 is 0 Å². The first-order valence-corrected chi connectivity index (χ1v) is 12.4. The molecule has 1 aromatic heterocycles. The van der Waals surface area contributed by atoms with Crippen LogP contribution in [0, 0.1) is 11.7 Å². The van der Waals surface area contributed by atoms with Gasteiger partial charge in [-0.15, -0.1) is 0 Å². The third-order valence-corrected chi connectivity index (χ3v) is 7.11. The number of amides is 1. The molecule has 1 amide bonds. The number of piperazine rings is 1. The summed E-state index contributed by atoms with van der Waals surface area (Å²) in [5.74, 6) is 1.87. The van der Waals surface area contributed by atoms with Crippen molar-refractivity contribution in [3.8, 4) is 11.4 Å². The molecule has 34 heavy (non-hydrogen) atoms. The Bertz CT molecular complexity index is 1150.